The smallest absolute Gasteiger partial charge is 0.151 e. The molecule has 0 atom stereocenters. The van der Waals surface area contributed by atoms with E-state index in [2.05, 4.69) is 9.97 Å². The molecule has 0 radical (unpaired) electrons. The van der Waals surface area contributed by atoms with Crippen LogP contribution in [0.25, 0.3) is 22.4 Å². The summed E-state index contributed by atoms with van der Waals surface area (Å²) in [6.07, 6.45) is 1.65. The van der Waals surface area contributed by atoms with E-state index in [-0.39, 0.29) is 5.82 Å². The SMILES string of the molecule is CCn1c(-c2ccc(N)nc2)nc2c(F)cccc21. The molecule has 0 saturated carbocycles. The van der Waals surface area contributed by atoms with Gasteiger partial charge in [0.05, 0.1) is 5.52 Å². The second kappa shape index (κ2) is 4.35. The summed E-state index contributed by atoms with van der Waals surface area (Å²) in [5, 5.41) is 0. The van der Waals surface area contributed by atoms with Crippen molar-refractivity contribution < 1.29 is 4.39 Å². The molecule has 3 aromatic rings. The number of nitrogens with zero attached hydrogens (tertiary/aromatic N) is 3. The molecule has 0 unspecified atom stereocenters. The highest BCUT2D eigenvalue weighted by atomic mass is 19.1. The highest BCUT2D eigenvalue weighted by molar-refractivity contribution is 5.81. The molecule has 1 aromatic carbocycles. The Hall–Kier alpha value is -2.43. The first-order chi connectivity index (χ1) is 9.20. The van der Waals surface area contributed by atoms with Crippen molar-refractivity contribution in [1.29, 1.82) is 0 Å². The summed E-state index contributed by atoms with van der Waals surface area (Å²) in [5.41, 5.74) is 7.57. The first-order valence-electron chi connectivity index (χ1n) is 6.07. The van der Waals surface area contributed by atoms with E-state index in [0.29, 0.717) is 23.7 Å². The van der Waals surface area contributed by atoms with Gasteiger partial charge in [-0.25, -0.2) is 14.4 Å². The highest BCUT2D eigenvalue weighted by Crippen LogP contribution is 2.26. The van der Waals surface area contributed by atoms with Crippen molar-refractivity contribution in [2.24, 2.45) is 0 Å². The average Bonchev–Trinajstić information content (AvgIpc) is 2.79. The van der Waals surface area contributed by atoms with E-state index in [1.165, 1.54) is 6.07 Å². The lowest BCUT2D eigenvalue weighted by Gasteiger charge is -2.05. The van der Waals surface area contributed by atoms with Crippen LogP contribution in [0.4, 0.5) is 10.2 Å². The molecule has 0 aliphatic rings. The predicted molar refractivity (Wildman–Crippen MR) is 73.0 cm³/mol. The molecule has 3 rings (SSSR count). The van der Waals surface area contributed by atoms with Crippen molar-refractivity contribution in [2.45, 2.75) is 13.5 Å². The number of benzene rings is 1. The van der Waals surface area contributed by atoms with Crippen molar-refractivity contribution in [1.82, 2.24) is 14.5 Å². The molecule has 0 aliphatic carbocycles. The number of nitrogen functional groups attached to an aromatic ring is 1. The third-order valence-electron chi connectivity index (χ3n) is 3.09. The van der Waals surface area contributed by atoms with Crippen molar-refractivity contribution >= 4 is 16.9 Å². The van der Waals surface area contributed by atoms with E-state index in [4.69, 9.17) is 5.73 Å². The van der Waals surface area contributed by atoms with Gasteiger partial charge in [-0.15, -0.1) is 0 Å². The summed E-state index contributed by atoms with van der Waals surface area (Å²) >= 11 is 0. The summed E-state index contributed by atoms with van der Waals surface area (Å²) < 4.78 is 15.7. The fourth-order valence-electron chi connectivity index (χ4n) is 2.19. The van der Waals surface area contributed by atoms with Crippen LogP contribution in [0, 0.1) is 5.82 Å². The number of aromatic nitrogens is 3. The lowest BCUT2D eigenvalue weighted by molar-refractivity contribution is 0.637. The third-order valence-corrected chi connectivity index (χ3v) is 3.09. The Balaban J connectivity index is 2.29. The van der Waals surface area contributed by atoms with Crippen LogP contribution in [0.2, 0.25) is 0 Å². The summed E-state index contributed by atoms with van der Waals surface area (Å²) in [4.78, 5) is 8.44. The third kappa shape index (κ3) is 1.83. The van der Waals surface area contributed by atoms with Crippen LogP contribution < -0.4 is 5.73 Å². The van der Waals surface area contributed by atoms with E-state index in [1.54, 1.807) is 18.3 Å². The Morgan fingerprint density at radius 3 is 2.79 bits per heavy atom. The number of fused-ring (bicyclic) bond motifs is 1. The molecular weight excluding hydrogens is 243 g/mol. The molecule has 2 aromatic heterocycles. The van der Waals surface area contributed by atoms with E-state index in [9.17, 15) is 4.39 Å². The monoisotopic (exact) mass is 256 g/mol. The standard InChI is InChI=1S/C14H13FN4/c1-2-19-11-5-3-4-10(15)13(11)18-14(19)9-6-7-12(16)17-8-9/h3-8H,2H2,1H3,(H2,16,17). The molecule has 2 heterocycles. The minimum Gasteiger partial charge on any atom is -0.384 e. The van der Waals surface area contributed by atoms with Crippen LogP contribution in [-0.2, 0) is 6.54 Å². The number of para-hydroxylation sites is 1. The molecule has 2 N–H and O–H groups in total. The van der Waals surface area contributed by atoms with Gasteiger partial charge >= 0.3 is 0 Å². The van der Waals surface area contributed by atoms with Gasteiger partial charge in [0.15, 0.2) is 5.82 Å². The number of aryl methyl sites for hydroxylation is 1. The van der Waals surface area contributed by atoms with E-state index < -0.39 is 0 Å². The Morgan fingerprint density at radius 2 is 2.11 bits per heavy atom. The number of hydrogen-bond acceptors (Lipinski definition) is 3. The van der Waals surface area contributed by atoms with Gasteiger partial charge in [-0.05, 0) is 31.2 Å². The number of anilines is 1. The molecule has 96 valence electrons. The molecule has 0 spiro atoms. The highest BCUT2D eigenvalue weighted by Gasteiger charge is 2.14. The number of rotatable bonds is 2. The van der Waals surface area contributed by atoms with Gasteiger partial charge in [0.1, 0.15) is 17.2 Å². The topological polar surface area (TPSA) is 56.7 Å². The number of nitrogens with two attached hydrogens (primary N) is 1. The van der Waals surface area contributed by atoms with Crippen molar-refractivity contribution in [3.63, 3.8) is 0 Å². The van der Waals surface area contributed by atoms with Crippen LogP contribution >= 0.6 is 0 Å². The Labute approximate surface area is 109 Å². The molecule has 0 fully saturated rings. The maximum Gasteiger partial charge on any atom is 0.151 e. The van der Waals surface area contributed by atoms with Gasteiger partial charge in [0, 0.05) is 18.3 Å². The molecular formula is C14H13FN4. The van der Waals surface area contributed by atoms with Crippen LogP contribution in [0.5, 0.6) is 0 Å². The lowest BCUT2D eigenvalue weighted by atomic mass is 10.2. The Bertz CT molecular complexity index is 731. The van der Waals surface area contributed by atoms with Gasteiger partial charge in [-0.2, -0.15) is 0 Å². The Morgan fingerprint density at radius 1 is 1.26 bits per heavy atom. The van der Waals surface area contributed by atoms with E-state index in [1.807, 2.05) is 23.6 Å². The molecule has 0 amide bonds. The summed E-state index contributed by atoms with van der Waals surface area (Å²) in [6.45, 7) is 2.71. The van der Waals surface area contributed by atoms with Crippen LogP contribution in [0.3, 0.4) is 0 Å². The molecule has 19 heavy (non-hydrogen) atoms. The second-order valence-corrected chi connectivity index (χ2v) is 4.26. The average molecular weight is 256 g/mol. The second-order valence-electron chi connectivity index (χ2n) is 4.26. The first-order valence-corrected chi connectivity index (χ1v) is 6.07. The largest absolute Gasteiger partial charge is 0.384 e. The van der Waals surface area contributed by atoms with Gasteiger partial charge in [0.25, 0.3) is 0 Å². The molecule has 5 heteroatoms. The van der Waals surface area contributed by atoms with E-state index >= 15 is 0 Å². The Kier molecular flexibility index (Phi) is 2.67. The maximum atomic E-state index is 13.8. The zero-order chi connectivity index (χ0) is 13.4. The summed E-state index contributed by atoms with van der Waals surface area (Å²) in [5.74, 6) is 0.846. The normalized spacial score (nSPS) is 11.1. The van der Waals surface area contributed by atoms with Crippen molar-refractivity contribution in [2.75, 3.05) is 5.73 Å². The lowest BCUT2D eigenvalue weighted by Crippen LogP contribution is -1.98. The molecule has 0 aliphatic heterocycles. The fraction of sp³-hybridized carbons (Fsp3) is 0.143. The predicted octanol–water partition coefficient (Wildman–Crippen LogP) is 2.84. The summed E-state index contributed by atoms with van der Waals surface area (Å²) in [7, 11) is 0. The van der Waals surface area contributed by atoms with Crippen LogP contribution in [-0.4, -0.2) is 14.5 Å². The summed E-state index contributed by atoms with van der Waals surface area (Å²) in [6, 6.07) is 8.53. The zero-order valence-corrected chi connectivity index (χ0v) is 10.5. The minimum atomic E-state index is -0.311. The minimum absolute atomic E-state index is 0.311. The number of halogens is 1. The quantitative estimate of drug-likeness (QED) is 0.767. The van der Waals surface area contributed by atoms with Gasteiger partial charge in [0.2, 0.25) is 0 Å². The van der Waals surface area contributed by atoms with Crippen LogP contribution in [0.15, 0.2) is 36.5 Å². The van der Waals surface area contributed by atoms with Gasteiger partial charge in [-0.1, -0.05) is 6.07 Å². The molecule has 0 saturated heterocycles. The van der Waals surface area contributed by atoms with Gasteiger partial charge < -0.3 is 10.3 Å². The number of pyridine rings is 1. The maximum absolute atomic E-state index is 13.8. The van der Waals surface area contributed by atoms with Crippen molar-refractivity contribution in [3.8, 4) is 11.4 Å². The van der Waals surface area contributed by atoms with Crippen molar-refractivity contribution in [3.05, 3.63) is 42.3 Å². The number of hydrogen-bond donors (Lipinski definition) is 1. The number of imidazole rings is 1. The first kappa shape index (κ1) is 11.6. The van der Waals surface area contributed by atoms with Gasteiger partial charge in [-0.3, -0.25) is 0 Å². The van der Waals surface area contributed by atoms with Crippen LogP contribution in [0.1, 0.15) is 6.92 Å². The van der Waals surface area contributed by atoms with E-state index in [0.717, 1.165) is 11.1 Å². The molecule has 4 nitrogen and oxygen atoms in total. The zero-order valence-electron chi connectivity index (χ0n) is 10.5. The fourth-order valence-corrected chi connectivity index (χ4v) is 2.19. The molecule has 0 bridgehead atoms.